The molecule has 1 fully saturated rings. The molecule has 0 aromatic heterocycles. The Morgan fingerprint density at radius 2 is 2.50 bits per heavy atom. The highest BCUT2D eigenvalue weighted by Crippen LogP contribution is 2.11. The summed E-state index contributed by atoms with van der Waals surface area (Å²) in [7, 11) is 0. The van der Waals surface area contributed by atoms with Gasteiger partial charge in [-0.3, -0.25) is 0 Å². The summed E-state index contributed by atoms with van der Waals surface area (Å²) in [6.07, 6.45) is 1.61. The van der Waals surface area contributed by atoms with Gasteiger partial charge in [-0.15, -0.1) is 0 Å². The van der Waals surface area contributed by atoms with E-state index in [1.165, 1.54) is 12.2 Å². The molecule has 1 heterocycles. The molecule has 1 rings (SSSR count). The number of hydrogen-bond donors (Lipinski definition) is 0. The van der Waals surface area contributed by atoms with Crippen LogP contribution in [0, 0.1) is 0 Å². The molecule has 0 aromatic carbocycles. The Hall–Kier alpha value is 0.270. The summed E-state index contributed by atoms with van der Waals surface area (Å²) in [5.74, 6) is 2.33. The molecule has 0 saturated carbocycles. The van der Waals surface area contributed by atoms with E-state index in [0.29, 0.717) is 12.9 Å². The minimum absolute atomic E-state index is 0.358. The molecule has 1 unspecified atom stereocenters. The number of hydrogen-bond acceptors (Lipinski definition) is 3. The van der Waals surface area contributed by atoms with Crippen LogP contribution in [0.1, 0.15) is 13.3 Å². The fourth-order valence-corrected chi connectivity index (χ4v) is 1.74. The summed E-state index contributed by atoms with van der Waals surface area (Å²) < 4.78 is 10.3. The molecule has 1 saturated heterocycles. The van der Waals surface area contributed by atoms with Gasteiger partial charge in [0.05, 0.1) is 12.7 Å². The first-order valence-corrected chi connectivity index (χ1v) is 4.86. The number of thioether (sulfide) groups is 1. The Balaban J connectivity index is 1.91. The summed E-state index contributed by atoms with van der Waals surface area (Å²) in [5, 5.41) is 0. The molecule has 2 nitrogen and oxygen atoms in total. The van der Waals surface area contributed by atoms with Crippen LogP contribution in [-0.2, 0) is 9.47 Å². The minimum Gasteiger partial charge on any atom is -0.353 e. The minimum atomic E-state index is 0.358. The van der Waals surface area contributed by atoms with E-state index < -0.39 is 0 Å². The third-order valence-corrected chi connectivity index (χ3v) is 2.65. The second-order valence-corrected chi connectivity index (χ2v) is 3.50. The predicted octanol–water partition coefficient (Wildman–Crippen LogP) is 1.50. The lowest BCUT2D eigenvalue weighted by molar-refractivity contribution is 0.0525. The van der Waals surface area contributed by atoms with Crippen LogP contribution in [0.3, 0.4) is 0 Å². The van der Waals surface area contributed by atoms with Crippen molar-refractivity contribution in [2.75, 3.05) is 24.9 Å². The van der Waals surface area contributed by atoms with E-state index in [1.807, 2.05) is 11.8 Å². The average Bonchev–Trinajstić information content (AvgIpc) is 2.41. The number of ether oxygens (including phenoxy) is 2. The normalized spacial score (nSPS) is 25.5. The smallest absolute Gasteiger partial charge is 0.147 e. The maximum absolute atomic E-state index is 5.26. The molecule has 0 aliphatic carbocycles. The van der Waals surface area contributed by atoms with E-state index in [9.17, 15) is 0 Å². The lowest BCUT2D eigenvalue weighted by atomic mass is 10.4. The van der Waals surface area contributed by atoms with E-state index in [-0.39, 0.29) is 0 Å². The molecule has 0 spiro atoms. The summed E-state index contributed by atoms with van der Waals surface area (Å²) >= 11 is 1.95. The maximum atomic E-state index is 5.26. The van der Waals surface area contributed by atoms with Crippen LogP contribution in [0.2, 0.25) is 0 Å². The van der Waals surface area contributed by atoms with Gasteiger partial charge in [-0.25, -0.2) is 0 Å². The highest BCUT2D eigenvalue weighted by Gasteiger charge is 2.14. The molecule has 1 aliphatic rings. The maximum Gasteiger partial charge on any atom is 0.147 e. The first-order valence-electron chi connectivity index (χ1n) is 3.70. The fraction of sp³-hybridized carbons (Fsp3) is 1.00. The van der Waals surface area contributed by atoms with Gasteiger partial charge in [-0.2, -0.15) is 11.8 Å². The SMILES string of the molecule is CCCSCC1COCO1. The highest BCUT2D eigenvalue weighted by atomic mass is 32.2. The summed E-state index contributed by atoms with van der Waals surface area (Å²) in [6.45, 7) is 3.48. The van der Waals surface area contributed by atoms with E-state index in [4.69, 9.17) is 9.47 Å². The van der Waals surface area contributed by atoms with Crippen molar-refractivity contribution in [1.82, 2.24) is 0 Å². The van der Waals surface area contributed by atoms with Crippen molar-refractivity contribution in [3.63, 3.8) is 0 Å². The third kappa shape index (κ3) is 2.90. The van der Waals surface area contributed by atoms with Crippen molar-refractivity contribution >= 4 is 11.8 Å². The van der Waals surface area contributed by atoms with Crippen LogP contribution in [0.15, 0.2) is 0 Å². The van der Waals surface area contributed by atoms with Gasteiger partial charge in [0.1, 0.15) is 6.79 Å². The summed E-state index contributed by atoms with van der Waals surface area (Å²) in [6, 6.07) is 0. The molecule has 10 heavy (non-hydrogen) atoms. The van der Waals surface area contributed by atoms with Gasteiger partial charge >= 0.3 is 0 Å². The van der Waals surface area contributed by atoms with Crippen LogP contribution in [-0.4, -0.2) is 31.0 Å². The molecular weight excluding hydrogens is 148 g/mol. The summed E-state index contributed by atoms with van der Waals surface area (Å²) in [4.78, 5) is 0. The van der Waals surface area contributed by atoms with Crippen LogP contribution in [0.25, 0.3) is 0 Å². The van der Waals surface area contributed by atoms with E-state index in [1.54, 1.807) is 0 Å². The lowest BCUT2D eigenvalue weighted by Gasteiger charge is -2.04. The van der Waals surface area contributed by atoms with Crippen molar-refractivity contribution in [1.29, 1.82) is 0 Å². The van der Waals surface area contributed by atoms with Gasteiger partial charge in [-0.05, 0) is 12.2 Å². The van der Waals surface area contributed by atoms with E-state index >= 15 is 0 Å². The van der Waals surface area contributed by atoms with Crippen LogP contribution in [0.5, 0.6) is 0 Å². The van der Waals surface area contributed by atoms with Crippen LogP contribution < -0.4 is 0 Å². The van der Waals surface area contributed by atoms with Crippen molar-refractivity contribution in [3.8, 4) is 0 Å². The van der Waals surface area contributed by atoms with Crippen LogP contribution in [0.4, 0.5) is 0 Å². The zero-order valence-electron chi connectivity index (χ0n) is 6.34. The summed E-state index contributed by atoms with van der Waals surface area (Å²) in [5.41, 5.74) is 0. The standard InChI is InChI=1S/C7H14O2S/c1-2-3-10-5-7-4-8-6-9-7/h7H,2-6H2,1H3. The second kappa shape index (κ2) is 4.99. The first-order chi connectivity index (χ1) is 4.93. The fourth-order valence-electron chi connectivity index (χ4n) is 0.827. The topological polar surface area (TPSA) is 18.5 Å². The van der Waals surface area contributed by atoms with Gasteiger partial charge in [0, 0.05) is 5.75 Å². The zero-order chi connectivity index (χ0) is 7.23. The molecule has 0 aromatic rings. The second-order valence-electron chi connectivity index (χ2n) is 2.35. The Morgan fingerprint density at radius 3 is 3.10 bits per heavy atom. The Morgan fingerprint density at radius 1 is 1.60 bits per heavy atom. The molecule has 1 atom stereocenters. The molecular formula is C7H14O2S. The molecule has 60 valence electrons. The van der Waals surface area contributed by atoms with Gasteiger partial charge in [0.25, 0.3) is 0 Å². The average molecular weight is 162 g/mol. The van der Waals surface area contributed by atoms with Gasteiger partial charge < -0.3 is 9.47 Å². The lowest BCUT2D eigenvalue weighted by Crippen LogP contribution is -2.12. The monoisotopic (exact) mass is 162 g/mol. The Kier molecular flexibility index (Phi) is 4.18. The molecule has 0 radical (unpaired) electrons. The Labute approximate surface area is 66.3 Å². The zero-order valence-corrected chi connectivity index (χ0v) is 7.15. The molecule has 3 heteroatoms. The quantitative estimate of drug-likeness (QED) is 0.584. The molecule has 0 bridgehead atoms. The molecule has 1 aliphatic heterocycles. The first kappa shape index (κ1) is 8.37. The van der Waals surface area contributed by atoms with Crippen molar-refractivity contribution < 1.29 is 9.47 Å². The van der Waals surface area contributed by atoms with Crippen molar-refractivity contribution in [3.05, 3.63) is 0 Å². The van der Waals surface area contributed by atoms with Gasteiger partial charge in [0.15, 0.2) is 0 Å². The van der Waals surface area contributed by atoms with Gasteiger partial charge in [-0.1, -0.05) is 6.92 Å². The molecule has 0 N–H and O–H groups in total. The third-order valence-electron chi connectivity index (χ3n) is 1.34. The predicted molar refractivity (Wildman–Crippen MR) is 43.3 cm³/mol. The van der Waals surface area contributed by atoms with E-state index in [0.717, 1.165) is 12.4 Å². The van der Waals surface area contributed by atoms with Crippen molar-refractivity contribution in [2.45, 2.75) is 19.4 Å². The molecule has 0 amide bonds. The largest absolute Gasteiger partial charge is 0.353 e. The van der Waals surface area contributed by atoms with E-state index in [2.05, 4.69) is 6.92 Å². The van der Waals surface area contributed by atoms with Crippen LogP contribution >= 0.6 is 11.8 Å². The van der Waals surface area contributed by atoms with Gasteiger partial charge in [0.2, 0.25) is 0 Å². The highest BCUT2D eigenvalue weighted by molar-refractivity contribution is 7.99. The number of rotatable bonds is 4. The Bertz CT molecular complexity index is 81.7. The van der Waals surface area contributed by atoms with Crippen molar-refractivity contribution in [2.24, 2.45) is 0 Å².